The number of thioether (sulfide) groups is 1. The maximum atomic E-state index is 12.5. The third kappa shape index (κ3) is 3.75. The van der Waals surface area contributed by atoms with Crippen LogP contribution >= 0.6 is 24.0 Å². The first-order chi connectivity index (χ1) is 12.0. The Bertz CT molecular complexity index is 871. The lowest BCUT2D eigenvalue weighted by Gasteiger charge is -2.15. The maximum absolute atomic E-state index is 12.5. The molecular formula is C17H14N2O4S2. The summed E-state index contributed by atoms with van der Waals surface area (Å²) >= 11 is 6.29. The summed E-state index contributed by atoms with van der Waals surface area (Å²) in [7, 11) is 1.54. The number of hydrogen-bond donors (Lipinski definition) is 1. The van der Waals surface area contributed by atoms with Gasteiger partial charge >= 0.3 is 0 Å². The molecule has 6 nitrogen and oxygen atoms in total. The molecule has 1 aliphatic rings. The van der Waals surface area contributed by atoms with Crippen LogP contribution in [-0.2, 0) is 4.79 Å². The summed E-state index contributed by atoms with van der Waals surface area (Å²) in [6.45, 7) is 1.82. The summed E-state index contributed by atoms with van der Waals surface area (Å²) in [5.41, 5.74) is 2.91. The highest BCUT2D eigenvalue weighted by molar-refractivity contribution is 8.26. The van der Waals surface area contributed by atoms with Crippen molar-refractivity contribution < 1.29 is 18.7 Å². The molecule has 2 heterocycles. The minimum atomic E-state index is -0.436. The summed E-state index contributed by atoms with van der Waals surface area (Å²) in [6, 6.07) is 10.1. The Labute approximate surface area is 153 Å². The Morgan fingerprint density at radius 1 is 1.28 bits per heavy atom. The van der Waals surface area contributed by atoms with Crippen molar-refractivity contribution >= 4 is 46.2 Å². The van der Waals surface area contributed by atoms with Gasteiger partial charge in [0.05, 0.1) is 12.0 Å². The Kier molecular flexibility index (Phi) is 4.91. The number of furan rings is 1. The summed E-state index contributed by atoms with van der Waals surface area (Å²) < 4.78 is 10.7. The van der Waals surface area contributed by atoms with Gasteiger partial charge in [-0.1, -0.05) is 11.8 Å². The number of ether oxygens (including phenoxy) is 1. The van der Waals surface area contributed by atoms with Gasteiger partial charge < -0.3 is 9.15 Å². The van der Waals surface area contributed by atoms with E-state index >= 15 is 0 Å². The molecule has 2 amide bonds. The van der Waals surface area contributed by atoms with Crippen LogP contribution in [0.3, 0.4) is 0 Å². The largest absolute Gasteiger partial charge is 0.497 e. The van der Waals surface area contributed by atoms with Crippen LogP contribution in [0.4, 0.5) is 0 Å². The van der Waals surface area contributed by atoms with Gasteiger partial charge in [0.2, 0.25) is 0 Å². The van der Waals surface area contributed by atoms with E-state index in [0.717, 1.165) is 22.5 Å². The molecule has 1 N–H and O–H groups in total. The van der Waals surface area contributed by atoms with E-state index in [0.29, 0.717) is 22.0 Å². The molecule has 0 radical (unpaired) electrons. The highest BCUT2D eigenvalue weighted by Gasteiger charge is 2.34. The van der Waals surface area contributed by atoms with E-state index in [1.165, 1.54) is 0 Å². The Morgan fingerprint density at radius 3 is 2.60 bits per heavy atom. The third-order valence-corrected chi connectivity index (χ3v) is 4.70. The number of thiocarbonyl (C=S) groups is 1. The monoisotopic (exact) mass is 374 g/mol. The number of hydrogen-bond acceptors (Lipinski definition) is 6. The van der Waals surface area contributed by atoms with E-state index in [1.807, 2.05) is 6.92 Å². The lowest BCUT2D eigenvalue weighted by atomic mass is 10.2. The number of nitrogens with one attached hydrogen (secondary N) is 1. The normalized spacial score (nSPS) is 15.8. The zero-order valence-electron chi connectivity index (χ0n) is 13.4. The van der Waals surface area contributed by atoms with Crippen LogP contribution in [-0.4, -0.2) is 28.3 Å². The molecule has 1 aliphatic heterocycles. The van der Waals surface area contributed by atoms with Crippen LogP contribution in [0.5, 0.6) is 5.75 Å². The molecule has 0 atom stereocenters. The fourth-order valence-corrected chi connectivity index (χ4v) is 3.29. The zero-order valence-corrected chi connectivity index (χ0v) is 15.1. The quantitative estimate of drug-likeness (QED) is 0.655. The minimum Gasteiger partial charge on any atom is -0.497 e. The molecule has 0 bridgehead atoms. The van der Waals surface area contributed by atoms with Gasteiger partial charge in [-0.25, -0.2) is 0 Å². The maximum Gasteiger partial charge on any atom is 0.285 e. The standard InChI is InChI=1S/C17H14N2O4S2/c1-10-3-6-13(23-10)9-14-16(21)19(17(24)25-14)18-15(20)11-4-7-12(22-2)8-5-11/h3-9H,1-2H3,(H,18,20)/b14-9+. The van der Waals surface area contributed by atoms with Crippen molar-refractivity contribution in [2.75, 3.05) is 7.11 Å². The van der Waals surface area contributed by atoms with Crippen LogP contribution in [0.15, 0.2) is 45.7 Å². The fourth-order valence-electron chi connectivity index (χ4n) is 2.13. The van der Waals surface area contributed by atoms with E-state index in [1.54, 1.807) is 49.6 Å². The van der Waals surface area contributed by atoms with Gasteiger partial charge in [-0.3, -0.25) is 15.0 Å². The lowest BCUT2D eigenvalue weighted by Crippen LogP contribution is -2.44. The van der Waals surface area contributed by atoms with Crippen molar-refractivity contribution in [1.29, 1.82) is 0 Å². The van der Waals surface area contributed by atoms with Gasteiger partial charge in [0.1, 0.15) is 17.3 Å². The second-order valence-corrected chi connectivity index (χ2v) is 6.81. The number of nitrogens with zero attached hydrogens (tertiary/aromatic N) is 1. The predicted octanol–water partition coefficient (Wildman–Crippen LogP) is 3.14. The number of carbonyl (C=O) groups is 2. The van der Waals surface area contributed by atoms with Crippen molar-refractivity contribution in [3.05, 3.63) is 58.4 Å². The first-order valence-corrected chi connectivity index (χ1v) is 8.50. The first kappa shape index (κ1) is 17.2. The van der Waals surface area contributed by atoms with E-state index in [-0.39, 0.29) is 4.32 Å². The molecule has 0 saturated carbocycles. The SMILES string of the molecule is COc1ccc(C(=O)NN2C(=O)/C(=C\c3ccc(C)o3)SC2=S)cc1. The Hall–Kier alpha value is -2.58. The number of rotatable bonds is 4. The van der Waals surface area contributed by atoms with Crippen LogP contribution in [0.2, 0.25) is 0 Å². The Morgan fingerprint density at radius 2 is 2.00 bits per heavy atom. The number of amides is 2. The summed E-state index contributed by atoms with van der Waals surface area (Å²) in [4.78, 5) is 25.2. The molecule has 1 aromatic heterocycles. The van der Waals surface area contributed by atoms with Gasteiger partial charge in [0.15, 0.2) is 4.32 Å². The molecule has 3 rings (SSSR count). The molecule has 1 fully saturated rings. The molecule has 0 spiro atoms. The van der Waals surface area contributed by atoms with Crippen molar-refractivity contribution in [2.45, 2.75) is 6.92 Å². The van der Waals surface area contributed by atoms with Crippen molar-refractivity contribution in [3.8, 4) is 5.75 Å². The predicted molar refractivity (Wildman–Crippen MR) is 98.9 cm³/mol. The summed E-state index contributed by atoms with van der Waals surface area (Å²) in [5, 5.41) is 1.06. The number of methoxy groups -OCH3 is 1. The van der Waals surface area contributed by atoms with Gasteiger partial charge in [-0.2, -0.15) is 5.01 Å². The van der Waals surface area contributed by atoms with Crippen LogP contribution in [0.25, 0.3) is 6.08 Å². The second-order valence-electron chi connectivity index (χ2n) is 5.13. The number of aryl methyl sites for hydroxylation is 1. The molecule has 25 heavy (non-hydrogen) atoms. The first-order valence-electron chi connectivity index (χ1n) is 7.27. The van der Waals surface area contributed by atoms with Gasteiger partial charge in [0.25, 0.3) is 11.8 Å². The smallest absolute Gasteiger partial charge is 0.285 e. The van der Waals surface area contributed by atoms with E-state index in [9.17, 15) is 9.59 Å². The molecule has 8 heteroatoms. The molecule has 0 unspecified atom stereocenters. The average molecular weight is 374 g/mol. The molecule has 1 aromatic carbocycles. The van der Waals surface area contributed by atoms with Gasteiger partial charge in [-0.05, 0) is 55.5 Å². The van der Waals surface area contributed by atoms with E-state index in [2.05, 4.69) is 5.43 Å². The average Bonchev–Trinajstić information content (AvgIpc) is 3.13. The van der Waals surface area contributed by atoms with Crippen molar-refractivity contribution in [2.24, 2.45) is 0 Å². The van der Waals surface area contributed by atoms with Gasteiger partial charge in [0, 0.05) is 11.6 Å². The van der Waals surface area contributed by atoms with Crippen molar-refractivity contribution in [3.63, 3.8) is 0 Å². The van der Waals surface area contributed by atoms with Gasteiger partial charge in [-0.15, -0.1) is 0 Å². The summed E-state index contributed by atoms with van der Waals surface area (Å²) in [5.74, 6) is 1.10. The van der Waals surface area contributed by atoms with Crippen LogP contribution in [0, 0.1) is 6.92 Å². The Balaban J connectivity index is 1.74. The highest BCUT2D eigenvalue weighted by atomic mass is 32.2. The highest BCUT2D eigenvalue weighted by Crippen LogP contribution is 2.31. The number of benzene rings is 1. The minimum absolute atomic E-state index is 0.251. The molecule has 2 aromatic rings. The third-order valence-electron chi connectivity index (χ3n) is 3.39. The zero-order chi connectivity index (χ0) is 18.0. The summed E-state index contributed by atoms with van der Waals surface area (Å²) in [6.07, 6.45) is 1.60. The topological polar surface area (TPSA) is 71.8 Å². The molecule has 1 saturated heterocycles. The lowest BCUT2D eigenvalue weighted by molar-refractivity contribution is -0.123. The van der Waals surface area contributed by atoms with E-state index < -0.39 is 11.8 Å². The molecular weight excluding hydrogens is 360 g/mol. The molecule has 0 aliphatic carbocycles. The number of hydrazine groups is 1. The van der Waals surface area contributed by atoms with E-state index in [4.69, 9.17) is 21.4 Å². The van der Waals surface area contributed by atoms with Crippen LogP contribution in [0.1, 0.15) is 21.9 Å². The second kappa shape index (κ2) is 7.12. The van der Waals surface area contributed by atoms with Crippen molar-refractivity contribution in [1.82, 2.24) is 10.4 Å². The fraction of sp³-hybridized carbons (Fsp3) is 0.118. The van der Waals surface area contributed by atoms with Crippen LogP contribution < -0.4 is 10.2 Å². The number of carbonyl (C=O) groups excluding carboxylic acids is 2. The molecule has 128 valence electrons.